The lowest BCUT2D eigenvalue weighted by molar-refractivity contribution is -0.134. The Morgan fingerprint density at radius 1 is 1.03 bits per heavy atom. The highest BCUT2D eigenvalue weighted by atomic mass is 16.2. The summed E-state index contributed by atoms with van der Waals surface area (Å²) < 4.78 is 0. The molecule has 0 saturated heterocycles. The molecule has 3 amide bonds. The number of nitrogens with one attached hydrogen (secondary N) is 1. The Morgan fingerprint density at radius 3 is 2.58 bits per heavy atom. The first-order valence-corrected chi connectivity index (χ1v) is 11.8. The first-order chi connectivity index (χ1) is 15.9. The van der Waals surface area contributed by atoms with Crippen LogP contribution in [0.15, 0.2) is 66.7 Å². The van der Waals surface area contributed by atoms with Crippen LogP contribution >= 0.6 is 0 Å². The summed E-state index contributed by atoms with van der Waals surface area (Å²) in [6, 6.07) is 21.9. The van der Waals surface area contributed by atoms with E-state index in [1.807, 2.05) is 59.5 Å². The molecule has 0 bridgehead atoms. The summed E-state index contributed by atoms with van der Waals surface area (Å²) in [4.78, 5) is 30.2. The van der Waals surface area contributed by atoms with Crippen molar-refractivity contribution in [1.82, 2.24) is 9.80 Å². The van der Waals surface area contributed by atoms with E-state index in [2.05, 4.69) is 38.2 Å². The van der Waals surface area contributed by atoms with E-state index < -0.39 is 0 Å². The van der Waals surface area contributed by atoms with Crippen LogP contribution in [0.1, 0.15) is 44.4 Å². The monoisotopic (exact) mass is 443 g/mol. The van der Waals surface area contributed by atoms with E-state index in [9.17, 15) is 9.59 Å². The molecule has 1 aliphatic rings. The minimum Gasteiger partial charge on any atom is -0.334 e. The predicted molar refractivity (Wildman–Crippen MR) is 134 cm³/mol. The van der Waals surface area contributed by atoms with Gasteiger partial charge in [-0.15, -0.1) is 0 Å². The number of anilines is 1. The Kier molecular flexibility index (Phi) is 6.97. The van der Waals surface area contributed by atoms with Crippen molar-refractivity contribution in [3.63, 3.8) is 0 Å². The van der Waals surface area contributed by atoms with Crippen molar-refractivity contribution in [3.8, 4) is 0 Å². The van der Waals surface area contributed by atoms with Crippen LogP contribution in [0, 0.1) is 5.92 Å². The van der Waals surface area contributed by atoms with Crippen molar-refractivity contribution in [2.24, 2.45) is 5.92 Å². The lowest BCUT2D eigenvalue weighted by Crippen LogP contribution is -2.47. The van der Waals surface area contributed by atoms with Gasteiger partial charge in [-0.3, -0.25) is 4.79 Å². The molecule has 1 heterocycles. The smallest absolute Gasteiger partial charge is 0.322 e. The predicted octanol–water partition coefficient (Wildman–Crippen LogP) is 5.87. The quantitative estimate of drug-likeness (QED) is 0.518. The van der Waals surface area contributed by atoms with Gasteiger partial charge in [-0.1, -0.05) is 74.5 Å². The second kappa shape index (κ2) is 10.1. The van der Waals surface area contributed by atoms with Gasteiger partial charge in [0, 0.05) is 18.5 Å². The molecule has 4 rings (SSSR count). The Bertz CT molecular complexity index is 1140. The molecule has 5 nitrogen and oxygen atoms in total. The summed E-state index contributed by atoms with van der Waals surface area (Å²) in [5.41, 5.74) is 3.27. The fraction of sp³-hybridized carbons (Fsp3) is 0.357. The topological polar surface area (TPSA) is 52.7 Å². The number of urea groups is 1. The molecule has 5 heteroatoms. The zero-order valence-corrected chi connectivity index (χ0v) is 19.8. The van der Waals surface area contributed by atoms with Crippen molar-refractivity contribution < 1.29 is 9.59 Å². The van der Waals surface area contributed by atoms with Crippen LogP contribution in [-0.2, 0) is 11.2 Å². The third kappa shape index (κ3) is 5.19. The summed E-state index contributed by atoms with van der Waals surface area (Å²) >= 11 is 0. The molecule has 1 unspecified atom stereocenters. The first kappa shape index (κ1) is 22.8. The molecular weight excluding hydrogens is 410 g/mol. The van der Waals surface area contributed by atoms with Crippen molar-refractivity contribution in [2.45, 2.75) is 39.7 Å². The minimum atomic E-state index is -0.231. The minimum absolute atomic E-state index is 0.00571. The molecule has 3 aromatic rings. The van der Waals surface area contributed by atoms with Crippen LogP contribution < -0.4 is 5.32 Å². The average Bonchev–Trinajstić information content (AvgIpc) is 2.82. The summed E-state index contributed by atoms with van der Waals surface area (Å²) in [7, 11) is 0. The second-order valence-electron chi connectivity index (χ2n) is 9.27. The molecule has 3 aromatic carbocycles. The molecule has 0 spiro atoms. The fourth-order valence-electron chi connectivity index (χ4n) is 4.56. The molecule has 0 fully saturated rings. The lowest BCUT2D eigenvalue weighted by Gasteiger charge is -2.36. The second-order valence-corrected chi connectivity index (χ2v) is 9.27. The van der Waals surface area contributed by atoms with Crippen LogP contribution in [-0.4, -0.2) is 41.4 Å². The van der Waals surface area contributed by atoms with E-state index in [1.54, 1.807) is 4.90 Å². The highest BCUT2D eigenvalue weighted by Gasteiger charge is 2.29. The molecule has 0 saturated carbocycles. The van der Waals surface area contributed by atoms with Gasteiger partial charge in [0.1, 0.15) is 6.54 Å². The summed E-state index contributed by atoms with van der Waals surface area (Å²) in [5, 5.41) is 5.12. The number of fused-ring (bicyclic) bond motifs is 2. The van der Waals surface area contributed by atoms with E-state index in [-0.39, 0.29) is 24.5 Å². The number of carbonyl (C=O) groups is 2. The number of hydrogen-bond donors (Lipinski definition) is 1. The van der Waals surface area contributed by atoms with Crippen LogP contribution in [0.4, 0.5) is 10.5 Å². The first-order valence-electron chi connectivity index (χ1n) is 11.8. The van der Waals surface area contributed by atoms with Gasteiger partial charge < -0.3 is 15.1 Å². The van der Waals surface area contributed by atoms with Gasteiger partial charge in [-0.25, -0.2) is 4.79 Å². The molecule has 33 heavy (non-hydrogen) atoms. The van der Waals surface area contributed by atoms with Gasteiger partial charge in [0.25, 0.3) is 0 Å². The zero-order valence-electron chi connectivity index (χ0n) is 19.8. The molecule has 0 aromatic heterocycles. The molecule has 1 aliphatic heterocycles. The summed E-state index contributed by atoms with van der Waals surface area (Å²) in [6.45, 7) is 7.64. The fourth-order valence-corrected chi connectivity index (χ4v) is 4.56. The molecule has 1 N–H and O–H groups in total. The summed E-state index contributed by atoms with van der Waals surface area (Å²) in [5.74, 6) is 0.433. The number of carbonyl (C=O) groups excluding carboxylic acids is 2. The van der Waals surface area contributed by atoms with E-state index >= 15 is 0 Å². The van der Waals surface area contributed by atoms with Crippen molar-refractivity contribution in [3.05, 3.63) is 77.9 Å². The molecule has 0 aliphatic carbocycles. The standard InChI is InChI=1S/C28H33N3O2/c1-20(2)15-17-30(28(33)29-26-14-8-11-22-9-5-7-13-25(22)26)19-27(32)31-18-16-23-10-4-6-12-24(23)21(31)3/h4-14,20-21H,15-19H2,1-3H3,(H,29,33). The highest BCUT2D eigenvalue weighted by molar-refractivity contribution is 6.02. The Hall–Kier alpha value is -3.34. The van der Waals surface area contributed by atoms with Crippen LogP contribution in [0.5, 0.6) is 0 Å². The Balaban J connectivity index is 1.51. The Morgan fingerprint density at radius 2 is 1.76 bits per heavy atom. The highest BCUT2D eigenvalue weighted by Crippen LogP contribution is 2.29. The van der Waals surface area contributed by atoms with Gasteiger partial charge in [0.15, 0.2) is 0 Å². The largest absolute Gasteiger partial charge is 0.334 e. The lowest BCUT2D eigenvalue weighted by atomic mass is 9.93. The molecule has 0 radical (unpaired) electrons. The maximum Gasteiger partial charge on any atom is 0.322 e. The third-order valence-corrected chi connectivity index (χ3v) is 6.54. The third-order valence-electron chi connectivity index (χ3n) is 6.54. The molecular formula is C28H33N3O2. The summed E-state index contributed by atoms with van der Waals surface area (Å²) in [6.07, 6.45) is 1.69. The SMILES string of the molecule is CC(C)CCN(CC(=O)N1CCc2ccccc2C1C)C(=O)Nc1cccc2ccccc12. The van der Waals surface area contributed by atoms with Crippen molar-refractivity contribution >= 4 is 28.4 Å². The van der Waals surface area contributed by atoms with E-state index in [0.717, 1.165) is 29.3 Å². The van der Waals surface area contributed by atoms with Crippen LogP contribution in [0.3, 0.4) is 0 Å². The van der Waals surface area contributed by atoms with Crippen molar-refractivity contribution in [2.75, 3.05) is 25.0 Å². The average molecular weight is 444 g/mol. The van der Waals surface area contributed by atoms with Gasteiger partial charge in [-0.2, -0.15) is 0 Å². The Labute approximate surface area is 196 Å². The van der Waals surface area contributed by atoms with Gasteiger partial charge >= 0.3 is 6.03 Å². The molecule has 172 valence electrons. The van der Waals surface area contributed by atoms with Gasteiger partial charge in [0.05, 0.1) is 11.7 Å². The van der Waals surface area contributed by atoms with E-state index in [4.69, 9.17) is 0 Å². The van der Waals surface area contributed by atoms with E-state index in [1.165, 1.54) is 11.1 Å². The maximum atomic E-state index is 13.3. The number of hydrogen-bond acceptors (Lipinski definition) is 2. The van der Waals surface area contributed by atoms with Crippen molar-refractivity contribution in [1.29, 1.82) is 0 Å². The maximum absolute atomic E-state index is 13.3. The normalized spacial score (nSPS) is 15.4. The van der Waals surface area contributed by atoms with Gasteiger partial charge in [-0.05, 0) is 48.3 Å². The molecule has 1 atom stereocenters. The van der Waals surface area contributed by atoms with Crippen LogP contribution in [0.2, 0.25) is 0 Å². The number of nitrogens with zero attached hydrogens (tertiary/aromatic N) is 2. The van der Waals surface area contributed by atoms with Gasteiger partial charge in [0.2, 0.25) is 5.91 Å². The number of amides is 3. The number of benzene rings is 3. The zero-order chi connectivity index (χ0) is 23.4. The van der Waals surface area contributed by atoms with E-state index in [0.29, 0.717) is 19.0 Å². The number of rotatable bonds is 6. The van der Waals surface area contributed by atoms with Crippen LogP contribution in [0.25, 0.3) is 10.8 Å².